The quantitative estimate of drug-likeness (QED) is 0.446. The van der Waals surface area contributed by atoms with Gasteiger partial charge in [-0.1, -0.05) is 12.1 Å². The van der Waals surface area contributed by atoms with Crippen LogP contribution in [0.15, 0.2) is 36.4 Å². The fourth-order valence-corrected chi connectivity index (χ4v) is 4.15. The van der Waals surface area contributed by atoms with Crippen molar-refractivity contribution in [3.8, 4) is 11.5 Å². The number of carbonyl (C=O) groups is 1. The Labute approximate surface area is 216 Å². The SMILES string of the molecule is COc1cc2nc(NCc3ccc(F)cc3)nc(NC3CCN(C(=O)OC(C)(C)C)CC3)c2cc1OC. The van der Waals surface area contributed by atoms with E-state index in [-0.39, 0.29) is 18.0 Å². The van der Waals surface area contributed by atoms with Crippen LogP contribution in [0.4, 0.5) is 21.0 Å². The van der Waals surface area contributed by atoms with Gasteiger partial charge in [0.25, 0.3) is 0 Å². The van der Waals surface area contributed by atoms with Crippen LogP contribution in [0.5, 0.6) is 11.5 Å². The lowest BCUT2D eigenvalue weighted by molar-refractivity contribution is 0.0210. The van der Waals surface area contributed by atoms with E-state index >= 15 is 0 Å². The Hall–Kier alpha value is -3.82. The van der Waals surface area contributed by atoms with Crippen molar-refractivity contribution in [1.29, 1.82) is 0 Å². The smallest absolute Gasteiger partial charge is 0.410 e. The molecule has 0 spiro atoms. The van der Waals surface area contributed by atoms with Gasteiger partial charge in [0.05, 0.1) is 19.7 Å². The molecule has 2 N–H and O–H groups in total. The summed E-state index contributed by atoms with van der Waals surface area (Å²) in [5.41, 5.74) is 1.06. The number of hydrogen-bond acceptors (Lipinski definition) is 8. The molecule has 0 saturated carbocycles. The molecule has 3 aromatic rings. The highest BCUT2D eigenvalue weighted by molar-refractivity contribution is 5.92. The van der Waals surface area contributed by atoms with E-state index < -0.39 is 5.60 Å². The summed E-state index contributed by atoms with van der Waals surface area (Å²) in [6, 6.07) is 10.1. The van der Waals surface area contributed by atoms with Crippen LogP contribution in [0.2, 0.25) is 0 Å². The second-order valence-corrected chi connectivity index (χ2v) is 9.99. The van der Waals surface area contributed by atoms with Crippen molar-refractivity contribution in [1.82, 2.24) is 14.9 Å². The van der Waals surface area contributed by atoms with E-state index in [0.29, 0.717) is 48.4 Å². The zero-order valence-electron chi connectivity index (χ0n) is 21.9. The standard InChI is InChI=1S/C27H34FN5O4/c1-27(2,3)37-26(34)33-12-10-19(11-13-33)30-24-20-14-22(35-4)23(36-5)15-21(20)31-25(32-24)29-16-17-6-8-18(28)9-7-17/h6-9,14-15,19H,10-13,16H2,1-5H3,(H2,29,30,31,32). The van der Waals surface area contributed by atoms with Gasteiger partial charge < -0.3 is 29.7 Å². The number of methoxy groups -OCH3 is 2. The third kappa shape index (κ3) is 6.69. The van der Waals surface area contributed by atoms with Gasteiger partial charge in [-0.25, -0.2) is 14.2 Å². The lowest BCUT2D eigenvalue weighted by Crippen LogP contribution is -2.44. The number of amides is 1. The van der Waals surface area contributed by atoms with Crippen LogP contribution in [-0.2, 0) is 11.3 Å². The predicted octanol–water partition coefficient (Wildman–Crippen LogP) is 5.21. The van der Waals surface area contributed by atoms with Crippen LogP contribution in [0.1, 0.15) is 39.2 Å². The molecule has 0 unspecified atom stereocenters. The van der Waals surface area contributed by atoms with Crippen molar-refractivity contribution in [3.05, 3.63) is 47.8 Å². The summed E-state index contributed by atoms with van der Waals surface area (Å²) in [6.07, 6.45) is 1.20. The minimum absolute atomic E-state index is 0.106. The van der Waals surface area contributed by atoms with E-state index in [1.54, 1.807) is 31.3 Å². The van der Waals surface area contributed by atoms with Crippen molar-refractivity contribution in [2.75, 3.05) is 37.9 Å². The third-order valence-corrected chi connectivity index (χ3v) is 6.05. The molecule has 2 aromatic carbocycles. The maximum Gasteiger partial charge on any atom is 0.410 e. The lowest BCUT2D eigenvalue weighted by atomic mass is 10.0. The Balaban J connectivity index is 1.55. The molecule has 1 aliphatic rings. The summed E-state index contributed by atoms with van der Waals surface area (Å²) in [5.74, 6) is 1.94. The number of fused-ring (bicyclic) bond motifs is 1. The third-order valence-electron chi connectivity index (χ3n) is 6.05. The van der Waals surface area contributed by atoms with E-state index in [1.807, 2.05) is 32.9 Å². The summed E-state index contributed by atoms with van der Waals surface area (Å²) in [6.45, 7) is 7.21. The summed E-state index contributed by atoms with van der Waals surface area (Å²) < 4.78 is 29.8. The number of benzene rings is 2. The van der Waals surface area contributed by atoms with Gasteiger partial charge in [-0.2, -0.15) is 4.98 Å². The molecular formula is C27H34FN5O4. The van der Waals surface area contributed by atoms with Gasteiger partial charge in [0, 0.05) is 37.1 Å². The maximum absolute atomic E-state index is 13.3. The number of nitrogens with one attached hydrogen (secondary N) is 2. The Morgan fingerprint density at radius 1 is 1.05 bits per heavy atom. The van der Waals surface area contributed by atoms with Crippen LogP contribution in [0.25, 0.3) is 10.9 Å². The monoisotopic (exact) mass is 511 g/mol. The van der Waals surface area contributed by atoms with Gasteiger partial charge >= 0.3 is 6.09 Å². The first kappa shape index (κ1) is 26.2. The van der Waals surface area contributed by atoms with Crippen LogP contribution in [0.3, 0.4) is 0 Å². The Kier molecular flexibility index (Phi) is 7.85. The highest BCUT2D eigenvalue weighted by Gasteiger charge is 2.27. The van der Waals surface area contributed by atoms with E-state index in [0.717, 1.165) is 23.8 Å². The van der Waals surface area contributed by atoms with Crippen molar-refractivity contribution in [2.45, 2.75) is 51.8 Å². The predicted molar refractivity (Wildman–Crippen MR) is 141 cm³/mol. The lowest BCUT2D eigenvalue weighted by Gasteiger charge is -2.34. The van der Waals surface area contributed by atoms with Crippen molar-refractivity contribution < 1.29 is 23.4 Å². The molecule has 1 fully saturated rings. The summed E-state index contributed by atoms with van der Waals surface area (Å²) >= 11 is 0. The first-order valence-electron chi connectivity index (χ1n) is 12.3. The first-order chi connectivity index (χ1) is 17.6. The van der Waals surface area contributed by atoms with Crippen molar-refractivity contribution >= 4 is 28.8 Å². The van der Waals surface area contributed by atoms with Gasteiger partial charge in [-0.3, -0.25) is 0 Å². The van der Waals surface area contributed by atoms with Crippen LogP contribution < -0.4 is 20.1 Å². The molecule has 1 aromatic heterocycles. The number of piperidine rings is 1. The van der Waals surface area contributed by atoms with E-state index in [2.05, 4.69) is 15.6 Å². The number of halogens is 1. The Morgan fingerprint density at radius 3 is 2.32 bits per heavy atom. The number of aromatic nitrogens is 2. The topological polar surface area (TPSA) is 97.8 Å². The molecule has 10 heteroatoms. The number of nitrogens with zero attached hydrogens (tertiary/aromatic N) is 3. The second kappa shape index (κ2) is 11.1. The Bertz CT molecular complexity index is 1240. The normalized spacial score (nSPS) is 14.4. The van der Waals surface area contributed by atoms with Crippen LogP contribution >= 0.6 is 0 Å². The van der Waals surface area contributed by atoms with Crippen molar-refractivity contribution in [2.24, 2.45) is 0 Å². The van der Waals surface area contributed by atoms with Gasteiger partial charge in [-0.05, 0) is 57.4 Å². The molecular weight excluding hydrogens is 477 g/mol. The summed E-state index contributed by atoms with van der Waals surface area (Å²) in [4.78, 5) is 23.6. The second-order valence-electron chi connectivity index (χ2n) is 9.99. The summed E-state index contributed by atoms with van der Waals surface area (Å²) in [7, 11) is 3.17. The fourth-order valence-electron chi connectivity index (χ4n) is 4.15. The minimum Gasteiger partial charge on any atom is -0.493 e. The number of rotatable bonds is 7. The molecule has 1 aliphatic heterocycles. The molecule has 0 atom stereocenters. The van der Waals surface area contributed by atoms with Crippen LogP contribution in [-0.4, -0.2) is 59.9 Å². The molecule has 0 radical (unpaired) electrons. The molecule has 9 nitrogen and oxygen atoms in total. The number of hydrogen-bond donors (Lipinski definition) is 2. The van der Waals surface area contributed by atoms with Gasteiger partial charge in [0.15, 0.2) is 11.5 Å². The van der Waals surface area contributed by atoms with E-state index in [4.69, 9.17) is 19.2 Å². The summed E-state index contributed by atoms with van der Waals surface area (Å²) in [5, 5.41) is 7.58. The Morgan fingerprint density at radius 2 is 1.70 bits per heavy atom. The molecule has 2 heterocycles. The van der Waals surface area contributed by atoms with Gasteiger partial charge in [-0.15, -0.1) is 0 Å². The number of carbonyl (C=O) groups excluding carboxylic acids is 1. The van der Waals surface area contributed by atoms with Crippen molar-refractivity contribution in [3.63, 3.8) is 0 Å². The first-order valence-corrected chi connectivity index (χ1v) is 12.3. The minimum atomic E-state index is -0.524. The van der Waals surface area contributed by atoms with Gasteiger partial charge in [0.2, 0.25) is 5.95 Å². The highest BCUT2D eigenvalue weighted by Crippen LogP contribution is 2.35. The molecule has 4 rings (SSSR count). The number of ether oxygens (including phenoxy) is 3. The number of anilines is 2. The molecule has 37 heavy (non-hydrogen) atoms. The average Bonchev–Trinajstić information content (AvgIpc) is 2.87. The fraction of sp³-hybridized carbons (Fsp3) is 0.444. The molecule has 0 bridgehead atoms. The highest BCUT2D eigenvalue weighted by atomic mass is 19.1. The molecule has 0 aliphatic carbocycles. The molecule has 1 amide bonds. The zero-order valence-corrected chi connectivity index (χ0v) is 21.9. The van der Waals surface area contributed by atoms with Crippen LogP contribution in [0, 0.1) is 5.82 Å². The average molecular weight is 512 g/mol. The zero-order chi connectivity index (χ0) is 26.6. The largest absolute Gasteiger partial charge is 0.493 e. The van der Waals surface area contributed by atoms with E-state index in [1.165, 1.54) is 12.1 Å². The maximum atomic E-state index is 13.3. The van der Waals surface area contributed by atoms with E-state index in [9.17, 15) is 9.18 Å². The molecule has 1 saturated heterocycles. The number of likely N-dealkylation sites (tertiary alicyclic amines) is 1. The molecule has 198 valence electrons. The van der Waals surface area contributed by atoms with Gasteiger partial charge in [0.1, 0.15) is 17.2 Å².